The maximum atomic E-state index is 12.4. The summed E-state index contributed by atoms with van der Waals surface area (Å²) in [5.74, 6) is -1.87. The van der Waals surface area contributed by atoms with Gasteiger partial charge in [0, 0.05) is 12.5 Å². The van der Waals surface area contributed by atoms with Crippen LogP contribution in [0, 0.1) is 11.8 Å². The average Bonchev–Trinajstić information content (AvgIpc) is 2.76. The number of ether oxygens (including phenoxy) is 1. The zero-order valence-electron chi connectivity index (χ0n) is 18.2. The molecular formula is C24H34N2O5. The lowest BCUT2D eigenvalue weighted by Crippen LogP contribution is -2.39. The van der Waals surface area contributed by atoms with E-state index >= 15 is 0 Å². The Morgan fingerprint density at radius 3 is 2.35 bits per heavy atom. The molecule has 0 heterocycles. The van der Waals surface area contributed by atoms with E-state index in [4.69, 9.17) is 9.84 Å². The van der Waals surface area contributed by atoms with Crippen molar-refractivity contribution in [2.24, 2.45) is 11.8 Å². The summed E-state index contributed by atoms with van der Waals surface area (Å²) in [5.41, 5.74) is 1.04. The lowest BCUT2D eigenvalue weighted by atomic mass is 9.96. The second-order valence-corrected chi connectivity index (χ2v) is 7.45. The molecule has 0 fully saturated rings. The second kappa shape index (κ2) is 15.0. The number of allylic oxidation sites excluding steroid dienone is 2. The number of hydrogen-bond donors (Lipinski definition) is 3. The zero-order valence-corrected chi connectivity index (χ0v) is 18.2. The van der Waals surface area contributed by atoms with Gasteiger partial charge in [0.2, 0.25) is 11.8 Å². The highest BCUT2D eigenvalue weighted by Gasteiger charge is 2.22. The molecule has 1 aromatic rings. The molecular weight excluding hydrogens is 396 g/mol. The predicted octanol–water partition coefficient (Wildman–Crippen LogP) is 2.16. The number of rotatable bonds is 15. The van der Waals surface area contributed by atoms with Crippen LogP contribution in [-0.4, -0.2) is 48.7 Å². The summed E-state index contributed by atoms with van der Waals surface area (Å²) in [6, 6.07) is 9.31. The van der Waals surface area contributed by atoms with Gasteiger partial charge in [-0.05, 0) is 31.7 Å². The summed E-state index contributed by atoms with van der Waals surface area (Å²) >= 11 is 0. The van der Waals surface area contributed by atoms with Crippen LogP contribution in [0.5, 0.6) is 0 Å². The molecule has 170 valence electrons. The van der Waals surface area contributed by atoms with E-state index in [0.29, 0.717) is 19.3 Å². The van der Waals surface area contributed by atoms with E-state index in [1.165, 1.54) is 0 Å². The maximum Gasteiger partial charge on any atom is 0.309 e. The molecule has 0 aliphatic carbocycles. The van der Waals surface area contributed by atoms with Crippen LogP contribution >= 0.6 is 0 Å². The van der Waals surface area contributed by atoms with Crippen LogP contribution < -0.4 is 10.6 Å². The summed E-state index contributed by atoms with van der Waals surface area (Å²) in [4.78, 5) is 36.8. The largest absolute Gasteiger partial charge is 0.464 e. The smallest absolute Gasteiger partial charge is 0.309 e. The summed E-state index contributed by atoms with van der Waals surface area (Å²) in [5, 5.41) is 14.3. The summed E-state index contributed by atoms with van der Waals surface area (Å²) in [6.45, 7) is 9.03. The van der Waals surface area contributed by atoms with Gasteiger partial charge in [-0.1, -0.05) is 42.5 Å². The Balaban J connectivity index is 2.47. The van der Waals surface area contributed by atoms with Crippen molar-refractivity contribution in [3.05, 3.63) is 61.2 Å². The lowest BCUT2D eigenvalue weighted by Gasteiger charge is -2.18. The molecule has 31 heavy (non-hydrogen) atoms. The minimum atomic E-state index is -0.578. The SMILES string of the molecule is C=CC[C@H](CC(=O)N[C@H](C)CO)C(=O)NCCOC(=O)[C@H](CC=C)Cc1ccccc1. The molecule has 0 aromatic heterocycles. The first kappa shape index (κ1) is 26.1. The molecule has 0 aliphatic rings. The molecule has 1 aromatic carbocycles. The molecule has 0 aliphatic heterocycles. The van der Waals surface area contributed by atoms with E-state index in [1.54, 1.807) is 19.1 Å². The van der Waals surface area contributed by atoms with Crippen LogP contribution in [0.4, 0.5) is 0 Å². The maximum absolute atomic E-state index is 12.4. The highest BCUT2D eigenvalue weighted by molar-refractivity contribution is 5.86. The molecule has 1 rings (SSSR count). The monoisotopic (exact) mass is 430 g/mol. The lowest BCUT2D eigenvalue weighted by molar-refractivity contribution is -0.148. The van der Waals surface area contributed by atoms with Gasteiger partial charge >= 0.3 is 5.97 Å². The van der Waals surface area contributed by atoms with Crippen LogP contribution in [-0.2, 0) is 25.5 Å². The third-order valence-electron chi connectivity index (χ3n) is 4.69. The first-order valence-electron chi connectivity index (χ1n) is 10.5. The molecule has 0 saturated heterocycles. The van der Waals surface area contributed by atoms with Crippen LogP contribution in [0.3, 0.4) is 0 Å². The van der Waals surface area contributed by atoms with E-state index in [0.717, 1.165) is 5.56 Å². The number of amides is 2. The van der Waals surface area contributed by atoms with Gasteiger partial charge in [-0.15, -0.1) is 13.2 Å². The summed E-state index contributed by atoms with van der Waals surface area (Å²) < 4.78 is 5.34. The molecule has 3 atom stereocenters. The molecule has 0 saturated carbocycles. The molecule has 7 heteroatoms. The van der Waals surface area contributed by atoms with E-state index in [2.05, 4.69) is 23.8 Å². The van der Waals surface area contributed by atoms with Gasteiger partial charge in [0.05, 0.1) is 25.0 Å². The van der Waals surface area contributed by atoms with Gasteiger partial charge in [-0.3, -0.25) is 14.4 Å². The fourth-order valence-electron chi connectivity index (χ4n) is 3.04. The standard InChI is InChI=1S/C24H34N2O5/c1-4-9-20(16-22(28)26-18(3)17-27)23(29)25-13-14-31-24(30)21(10-5-2)15-19-11-7-6-8-12-19/h4-8,11-12,18,20-21,27H,1-2,9-10,13-17H2,3H3,(H,25,29)(H,26,28)/t18-,20-,21-/m1/s1. The van der Waals surface area contributed by atoms with E-state index < -0.39 is 5.92 Å². The predicted molar refractivity (Wildman–Crippen MR) is 120 cm³/mol. The third kappa shape index (κ3) is 10.6. The number of hydrogen-bond acceptors (Lipinski definition) is 5. The number of esters is 1. The van der Waals surface area contributed by atoms with Crippen molar-refractivity contribution in [1.82, 2.24) is 10.6 Å². The molecule has 0 radical (unpaired) electrons. The van der Waals surface area contributed by atoms with Gasteiger partial charge in [0.25, 0.3) is 0 Å². The van der Waals surface area contributed by atoms with Gasteiger partial charge < -0.3 is 20.5 Å². The Hall–Kier alpha value is -2.93. The van der Waals surface area contributed by atoms with Gasteiger partial charge in [-0.2, -0.15) is 0 Å². The zero-order chi connectivity index (χ0) is 23.1. The summed E-state index contributed by atoms with van der Waals surface area (Å²) in [7, 11) is 0. The molecule has 2 amide bonds. The number of aliphatic hydroxyl groups excluding tert-OH is 1. The van der Waals surface area contributed by atoms with E-state index in [1.807, 2.05) is 30.3 Å². The highest BCUT2D eigenvalue weighted by Crippen LogP contribution is 2.15. The van der Waals surface area contributed by atoms with Crippen molar-refractivity contribution in [3.8, 4) is 0 Å². The number of benzene rings is 1. The van der Waals surface area contributed by atoms with E-state index in [-0.39, 0.29) is 55.9 Å². The van der Waals surface area contributed by atoms with Gasteiger partial charge in [-0.25, -0.2) is 0 Å². The van der Waals surface area contributed by atoms with Crippen LogP contribution in [0.15, 0.2) is 55.6 Å². The Labute approximate surface area is 184 Å². The Kier molecular flexibility index (Phi) is 12.6. The van der Waals surface area contributed by atoms with Crippen molar-refractivity contribution in [2.75, 3.05) is 19.8 Å². The molecule has 0 bridgehead atoms. The van der Waals surface area contributed by atoms with Crippen molar-refractivity contribution in [3.63, 3.8) is 0 Å². The average molecular weight is 431 g/mol. The third-order valence-corrected chi connectivity index (χ3v) is 4.69. The number of carbonyl (C=O) groups is 3. The quantitative estimate of drug-likeness (QED) is 0.225. The normalized spacial score (nSPS) is 13.4. The first-order chi connectivity index (χ1) is 14.9. The molecule has 3 N–H and O–H groups in total. The molecule has 0 spiro atoms. The van der Waals surface area contributed by atoms with Crippen molar-refractivity contribution < 1.29 is 24.2 Å². The Morgan fingerprint density at radius 1 is 1.10 bits per heavy atom. The van der Waals surface area contributed by atoms with Gasteiger partial charge in [0.1, 0.15) is 6.61 Å². The first-order valence-corrected chi connectivity index (χ1v) is 10.5. The second-order valence-electron chi connectivity index (χ2n) is 7.45. The van der Waals surface area contributed by atoms with Crippen molar-refractivity contribution in [2.45, 2.75) is 38.6 Å². The topological polar surface area (TPSA) is 105 Å². The number of aliphatic hydroxyl groups is 1. The minimum absolute atomic E-state index is 0.0134. The Morgan fingerprint density at radius 2 is 1.74 bits per heavy atom. The summed E-state index contributed by atoms with van der Waals surface area (Å²) in [6.07, 6.45) is 4.66. The van der Waals surface area contributed by atoms with Crippen LogP contribution in [0.2, 0.25) is 0 Å². The molecule has 0 unspecified atom stereocenters. The number of carbonyl (C=O) groups excluding carboxylic acids is 3. The fraction of sp³-hybridized carbons (Fsp3) is 0.458. The van der Waals surface area contributed by atoms with Crippen molar-refractivity contribution >= 4 is 17.8 Å². The van der Waals surface area contributed by atoms with E-state index in [9.17, 15) is 14.4 Å². The van der Waals surface area contributed by atoms with Crippen LogP contribution in [0.25, 0.3) is 0 Å². The minimum Gasteiger partial charge on any atom is -0.464 e. The molecule has 7 nitrogen and oxygen atoms in total. The fourth-order valence-corrected chi connectivity index (χ4v) is 3.04. The van der Waals surface area contributed by atoms with Gasteiger partial charge in [0.15, 0.2) is 0 Å². The van der Waals surface area contributed by atoms with Crippen molar-refractivity contribution in [1.29, 1.82) is 0 Å². The highest BCUT2D eigenvalue weighted by atomic mass is 16.5. The number of nitrogens with one attached hydrogen (secondary N) is 2. The van der Waals surface area contributed by atoms with Crippen LogP contribution in [0.1, 0.15) is 31.7 Å². The Bertz CT molecular complexity index is 720.